The van der Waals surface area contributed by atoms with Crippen molar-refractivity contribution in [3.63, 3.8) is 0 Å². The van der Waals surface area contributed by atoms with Crippen LogP contribution in [0.5, 0.6) is 0 Å². The molecule has 2 unspecified atom stereocenters. The summed E-state index contributed by atoms with van der Waals surface area (Å²) < 4.78 is 0. The summed E-state index contributed by atoms with van der Waals surface area (Å²) in [6.45, 7) is 9.74. The molecule has 0 saturated carbocycles. The van der Waals surface area contributed by atoms with Crippen molar-refractivity contribution >= 4 is 11.8 Å². The molecule has 0 fully saturated rings. The normalized spacial score (nSPS) is 19.2. The number of thioether (sulfide) groups is 1. The van der Waals surface area contributed by atoms with Crippen molar-refractivity contribution in [3.05, 3.63) is 42.0 Å². The third kappa shape index (κ3) is 3.64. The van der Waals surface area contributed by atoms with E-state index in [0.29, 0.717) is 12.0 Å². The lowest BCUT2D eigenvalue weighted by Gasteiger charge is -2.26. The second-order valence-electron chi connectivity index (χ2n) is 5.32. The third-order valence-electron chi connectivity index (χ3n) is 3.89. The van der Waals surface area contributed by atoms with Crippen LogP contribution < -0.4 is 5.32 Å². The molecule has 104 valence electrons. The van der Waals surface area contributed by atoms with Gasteiger partial charge in [-0.15, -0.1) is 11.8 Å². The van der Waals surface area contributed by atoms with E-state index in [2.05, 4.69) is 50.0 Å². The SMILES string of the molecule is C=C(CC)CC(NCCC)C1CSc2ccccc21. The van der Waals surface area contributed by atoms with E-state index in [1.165, 1.54) is 28.2 Å². The molecule has 2 rings (SSSR count). The Balaban J connectivity index is 2.12. The zero-order valence-electron chi connectivity index (χ0n) is 12.1. The van der Waals surface area contributed by atoms with Gasteiger partial charge in [-0.05, 0) is 37.4 Å². The number of hydrogen-bond acceptors (Lipinski definition) is 2. The van der Waals surface area contributed by atoms with Gasteiger partial charge in [0.2, 0.25) is 0 Å². The summed E-state index contributed by atoms with van der Waals surface area (Å²) in [6, 6.07) is 9.42. The fraction of sp³-hybridized carbons (Fsp3) is 0.529. The molecule has 1 aliphatic rings. The van der Waals surface area contributed by atoms with Crippen LogP contribution in [0.3, 0.4) is 0 Å². The Morgan fingerprint density at radius 2 is 2.21 bits per heavy atom. The van der Waals surface area contributed by atoms with Crippen molar-refractivity contribution in [2.75, 3.05) is 12.3 Å². The van der Waals surface area contributed by atoms with Gasteiger partial charge in [-0.1, -0.05) is 44.2 Å². The van der Waals surface area contributed by atoms with Crippen LogP contribution in [0.2, 0.25) is 0 Å². The van der Waals surface area contributed by atoms with E-state index >= 15 is 0 Å². The summed E-state index contributed by atoms with van der Waals surface area (Å²) in [6.07, 6.45) is 3.39. The Kier molecular flexibility index (Phi) is 5.53. The highest BCUT2D eigenvalue weighted by Gasteiger charge is 2.29. The molecule has 0 aliphatic carbocycles. The molecule has 1 nitrogen and oxygen atoms in total. The van der Waals surface area contributed by atoms with Gasteiger partial charge in [-0.25, -0.2) is 0 Å². The van der Waals surface area contributed by atoms with Gasteiger partial charge in [-0.2, -0.15) is 0 Å². The second kappa shape index (κ2) is 7.16. The molecule has 0 aromatic heterocycles. The molecule has 0 saturated heterocycles. The summed E-state index contributed by atoms with van der Waals surface area (Å²) >= 11 is 2.00. The molecule has 19 heavy (non-hydrogen) atoms. The van der Waals surface area contributed by atoms with E-state index in [1.807, 2.05) is 11.8 Å². The van der Waals surface area contributed by atoms with Crippen molar-refractivity contribution in [2.45, 2.75) is 50.0 Å². The first-order valence-electron chi connectivity index (χ1n) is 7.38. The Morgan fingerprint density at radius 1 is 1.42 bits per heavy atom. The molecule has 0 radical (unpaired) electrons. The van der Waals surface area contributed by atoms with E-state index in [1.54, 1.807) is 0 Å². The average molecular weight is 275 g/mol. The van der Waals surface area contributed by atoms with Crippen molar-refractivity contribution in [3.8, 4) is 0 Å². The van der Waals surface area contributed by atoms with Crippen molar-refractivity contribution in [1.82, 2.24) is 5.32 Å². The zero-order valence-corrected chi connectivity index (χ0v) is 12.9. The lowest BCUT2D eigenvalue weighted by Crippen LogP contribution is -2.36. The summed E-state index contributed by atoms with van der Waals surface area (Å²) in [7, 11) is 0. The maximum atomic E-state index is 4.20. The number of nitrogens with one attached hydrogen (secondary N) is 1. The molecule has 2 atom stereocenters. The van der Waals surface area contributed by atoms with Gasteiger partial charge in [0, 0.05) is 22.6 Å². The fourth-order valence-electron chi connectivity index (χ4n) is 2.66. The number of fused-ring (bicyclic) bond motifs is 1. The Bertz CT molecular complexity index is 427. The minimum atomic E-state index is 0.545. The van der Waals surface area contributed by atoms with Crippen LogP contribution in [0.25, 0.3) is 0 Å². The van der Waals surface area contributed by atoms with E-state index in [0.717, 1.165) is 19.4 Å². The van der Waals surface area contributed by atoms with Gasteiger partial charge in [0.05, 0.1) is 0 Å². The molecule has 1 aliphatic heterocycles. The molecule has 0 bridgehead atoms. The van der Waals surface area contributed by atoms with Crippen LogP contribution >= 0.6 is 11.8 Å². The average Bonchev–Trinajstić information content (AvgIpc) is 2.87. The zero-order chi connectivity index (χ0) is 13.7. The molecule has 1 aromatic rings. The maximum Gasteiger partial charge on any atom is 0.0181 e. The number of hydrogen-bond donors (Lipinski definition) is 1. The summed E-state index contributed by atoms with van der Waals surface area (Å²) in [4.78, 5) is 1.47. The predicted molar refractivity (Wildman–Crippen MR) is 86.0 cm³/mol. The van der Waals surface area contributed by atoms with E-state index < -0.39 is 0 Å². The maximum absolute atomic E-state index is 4.20. The van der Waals surface area contributed by atoms with Crippen LogP contribution in [-0.4, -0.2) is 18.3 Å². The molecule has 1 heterocycles. The smallest absolute Gasteiger partial charge is 0.0181 e. The summed E-state index contributed by atoms with van der Waals surface area (Å²) in [5, 5.41) is 3.74. The van der Waals surface area contributed by atoms with Crippen LogP contribution in [0.1, 0.15) is 44.6 Å². The minimum absolute atomic E-state index is 0.545. The summed E-state index contributed by atoms with van der Waals surface area (Å²) in [5.74, 6) is 1.84. The molecular formula is C17H25NS. The third-order valence-corrected chi connectivity index (χ3v) is 5.10. The number of rotatable bonds is 7. The van der Waals surface area contributed by atoms with Crippen LogP contribution in [0, 0.1) is 0 Å². The lowest BCUT2D eigenvalue weighted by molar-refractivity contribution is 0.448. The second-order valence-corrected chi connectivity index (χ2v) is 6.39. The highest BCUT2D eigenvalue weighted by atomic mass is 32.2. The van der Waals surface area contributed by atoms with Gasteiger partial charge in [-0.3, -0.25) is 0 Å². The molecule has 1 aromatic carbocycles. The van der Waals surface area contributed by atoms with Crippen molar-refractivity contribution in [1.29, 1.82) is 0 Å². The first-order chi connectivity index (χ1) is 9.26. The minimum Gasteiger partial charge on any atom is -0.313 e. The predicted octanol–water partition coefficient (Wildman–Crippen LogP) is 4.60. The largest absolute Gasteiger partial charge is 0.313 e. The lowest BCUT2D eigenvalue weighted by atomic mass is 9.88. The van der Waals surface area contributed by atoms with Gasteiger partial charge in [0.15, 0.2) is 0 Å². The van der Waals surface area contributed by atoms with E-state index in [9.17, 15) is 0 Å². The Labute approximate surface area is 121 Å². The van der Waals surface area contributed by atoms with Gasteiger partial charge >= 0.3 is 0 Å². The monoisotopic (exact) mass is 275 g/mol. The van der Waals surface area contributed by atoms with Crippen molar-refractivity contribution < 1.29 is 0 Å². The molecular weight excluding hydrogens is 250 g/mol. The first kappa shape index (κ1) is 14.7. The standard InChI is InChI=1S/C17H25NS/c1-4-10-18-16(11-13(3)5-2)15-12-19-17-9-7-6-8-14(15)17/h6-9,15-16,18H,3-5,10-12H2,1-2H3. The van der Waals surface area contributed by atoms with Crippen LogP contribution in [0.15, 0.2) is 41.3 Å². The topological polar surface area (TPSA) is 12.0 Å². The Morgan fingerprint density at radius 3 is 2.95 bits per heavy atom. The fourth-order valence-corrected chi connectivity index (χ4v) is 3.99. The first-order valence-corrected chi connectivity index (χ1v) is 8.36. The van der Waals surface area contributed by atoms with Crippen LogP contribution in [-0.2, 0) is 0 Å². The highest BCUT2D eigenvalue weighted by Crippen LogP contribution is 2.42. The molecule has 0 spiro atoms. The molecule has 2 heteroatoms. The van der Waals surface area contributed by atoms with Crippen LogP contribution in [0.4, 0.5) is 0 Å². The summed E-state index contributed by atoms with van der Waals surface area (Å²) in [5.41, 5.74) is 2.90. The van der Waals surface area contributed by atoms with E-state index in [-0.39, 0.29) is 0 Å². The van der Waals surface area contributed by atoms with E-state index in [4.69, 9.17) is 0 Å². The van der Waals surface area contributed by atoms with Gasteiger partial charge in [0.25, 0.3) is 0 Å². The number of benzene rings is 1. The molecule has 0 amide bonds. The van der Waals surface area contributed by atoms with Gasteiger partial charge < -0.3 is 5.32 Å². The quantitative estimate of drug-likeness (QED) is 0.730. The Hall–Kier alpha value is -0.730. The van der Waals surface area contributed by atoms with Gasteiger partial charge in [0.1, 0.15) is 0 Å². The molecule has 1 N–H and O–H groups in total. The highest BCUT2D eigenvalue weighted by molar-refractivity contribution is 7.99. The van der Waals surface area contributed by atoms with Crippen molar-refractivity contribution in [2.24, 2.45) is 0 Å².